The average molecular weight is 333 g/mol. The van der Waals surface area contributed by atoms with Gasteiger partial charge in [0.25, 0.3) is 0 Å². The van der Waals surface area contributed by atoms with E-state index >= 15 is 0 Å². The maximum absolute atomic E-state index is 12.7. The molecule has 1 atom stereocenters. The van der Waals surface area contributed by atoms with Crippen LogP contribution in [0.15, 0.2) is 17.0 Å². The summed E-state index contributed by atoms with van der Waals surface area (Å²) in [6, 6.07) is 5.28. The highest BCUT2D eigenvalue weighted by Crippen LogP contribution is 2.44. The molecule has 23 heavy (non-hydrogen) atoms. The number of nitriles is 1. The molecule has 2 aliphatic rings. The summed E-state index contributed by atoms with van der Waals surface area (Å²) in [5.74, 6) is -0.255. The summed E-state index contributed by atoms with van der Waals surface area (Å²) in [7, 11) is -2.17. The topological polar surface area (TPSA) is 81.5 Å². The molecule has 1 aromatic carbocycles. The summed E-state index contributed by atoms with van der Waals surface area (Å²) >= 11 is 0. The van der Waals surface area contributed by atoms with Crippen molar-refractivity contribution in [3.05, 3.63) is 23.3 Å². The molecule has 0 fully saturated rings. The molecule has 0 saturated carbocycles. The summed E-state index contributed by atoms with van der Waals surface area (Å²) in [6.45, 7) is 2.69. The first kappa shape index (κ1) is 16.0. The Bertz CT molecular complexity index is 811. The van der Waals surface area contributed by atoms with E-state index in [-0.39, 0.29) is 29.7 Å². The monoisotopic (exact) mass is 333 g/mol. The quantitative estimate of drug-likeness (QED) is 0.838. The highest BCUT2D eigenvalue weighted by Gasteiger charge is 2.39. The van der Waals surface area contributed by atoms with Gasteiger partial charge in [-0.2, -0.15) is 9.57 Å². The van der Waals surface area contributed by atoms with E-state index in [9.17, 15) is 13.2 Å². The second-order valence-corrected chi connectivity index (χ2v) is 8.11. The number of benzene rings is 1. The van der Waals surface area contributed by atoms with Gasteiger partial charge >= 0.3 is 0 Å². The minimum absolute atomic E-state index is 0.0494. The third-order valence-corrected chi connectivity index (χ3v) is 6.47. The summed E-state index contributed by atoms with van der Waals surface area (Å²) in [6.07, 6.45) is 1.78. The molecule has 1 aromatic rings. The van der Waals surface area contributed by atoms with Crippen molar-refractivity contribution in [3.63, 3.8) is 0 Å². The zero-order chi connectivity index (χ0) is 16.8. The van der Waals surface area contributed by atoms with Crippen LogP contribution < -0.4 is 4.90 Å². The minimum atomic E-state index is -3.65. The van der Waals surface area contributed by atoms with Gasteiger partial charge in [0.15, 0.2) is 0 Å². The van der Waals surface area contributed by atoms with Gasteiger partial charge in [0, 0.05) is 26.6 Å². The maximum atomic E-state index is 12.7. The third-order valence-electron chi connectivity index (χ3n) is 4.64. The number of hydrogen-bond donors (Lipinski definition) is 0. The van der Waals surface area contributed by atoms with Crippen LogP contribution in [0.5, 0.6) is 0 Å². The number of nitrogens with zero attached hydrogens (tertiary/aromatic N) is 3. The molecule has 3 rings (SSSR count). The molecule has 0 spiro atoms. The molecule has 0 saturated heterocycles. The largest absolute Gasteiger partial charge is 0.311 e. The number of carbonyl (C=O) groups is 1. The van der Waals surface area contributed by atoms with Gasteiger partial charge in [0.2, 0.25) is 15.9 Å². The number of carbonyl (C=O) groups excluding carboxylic acids is 1. The van der Waals surface area contributed by atoms with Crippen LogP contribution >= 0.6 is 0 Å². The molecule has 0 bridgehead atoms. The fourth-order valence-corrected chi connectivity index (χ4v) is 4.58. The molecule has 7 heteroatoms. The lowest BCUT2D eigenvalue weighted by molar-refractivity contribution is -0.119. The Morgan fingerprint density at radius 2 is 2.17 bits per heavy atom. The number of hydrogen-bond acceptors (Lipinski definition) is 4. The van der Waals surface area contributed by atoms with E-state index in [1.807, 2.05) is 13.0 Å². The van der Waals surface area contributed by atoms with Crippen molar-refractivity contribution in [2.75, 3.05) is 25.0 Å². The lowest BCUT2D eigenvalue weighted by Crippen LogP contribution is -2.32. The predicted octanol–water partition coefficient (Wildman–Crippen LogP) is 1.62. The molecule has 0 aliphatic carbocycles. The van der Waals surface area contributed by atoms with Gasteiger partial charge in [-0.3, -0.25) is 4.79 Å². The number of sulfonamides is 1. The van der Waals surface area contributed by atoms with Crippen LogP contribution in [-0.4, -0.2) is 38.8 Å². The normalized spacial score (nSPS) is 19.8. The van der Waals surface area contributed by atoms with Crippen LogP contribution in [-0.2, 0) is 21.2 Å². The fourth-order valence-electron chi connectivity index (χ4n) is 3.32. The Morgan fingerprint density at radius 3 is 2.87 bits per heavy atom. The van der Waals surface area contributed by atoms with Crippen LogP contribution in [0.25, 0.3) is 0 Å². The van der Waals surface area contributed by atoms with Gasteiger partial charge in [0.05, 0.1) is 22.6 Å². The number of anilines is 1. The zero-order valence-electron chi connectivity index (χ0n) is 13.2. The molecule has 0 radical (unpaired) electrons. The van der Waals surface area contributed by atoms with E-state index in [0.717, 1.165) is 29.7 Å². The predicted molar refractivity (Wildman–Crippen MR) is 85.6 cm³/mol. The molecule has 1 amide bonds. The van der Waals surface area contributed by atoms with Gasteiger partial charge in [-0.05, 0) is 43.0 Å². The van der Waals surface area contributed by atoms with Gasteiger partial charge in [-0.15, -0.1) is 0 Å². The van der Waals surface area contributed by atoms with Crippen LogP contribution in [0.3, 0.4) is 0 Å². The van der Waals surface area contributed by atoms with Crippen molar-refractivity contribution in [1.82, 2.24) is 4.31 Å². The highest BCUT2D eigenvalue weighted by molar-refractivity contribution is 7.89. The Labute approximate surface area is 136 Å². The molecule has 2 aliphatic heterocycles. The van der Waals surface area contributed by atoms with Crippen molar-refractivity contribution in [3.8, 4) is 6.07 Å². The number of aryl methyl sites for hydroxylation is 1. The van der Waals surface area contributed by atoms with Gasteiger partial charge < -0.3 is 4.90 Å². The second kappa shape index (κ2) is 5.62. The molecule has 6 nitrogen and oxygen atoms in total. The first-order valence-corrected chi connectivity index (χ1v) is 9.13. The molecule has 0 N–H and O–H groups in total. The lowest BCUT2D eigenvalue weighted by atomic mass is 9.97. The third kappa shape index (κ3) is 2.42. The van der Waals surface area contributed by atoms with Gasteiger partial charge in [-0.1, -0.05) is 0 Å². The first-order chi connectivity index (χ1) is 10.9. The van der Waals surface area contributed by atoms with Gasteiger partial charge in [0.1, 0.15) is 0 Å². The van der Waals surface area contributed by atoms with E-state index in [4.69, 9.17) is 5.26 Å². The standard InChI is InChI=1S/C16H19N3O3S/c1-11-14-10-13(23(21,22)18(2)7-4-6-17)9-12-5-3-8-19(15(12)14)16(11)20/h9-11H,3-5,7-8H2,1-2H3/t11-/m0/s1. The summed E-state index contributed by atoms with van der Waals surface area (Å²) in [4.78, 5) is 14.3. The van der Waals surface area contributed by atoms with E-state index < -0.39 is 10.0 Å². The summed E-state index contributed by atoms with van der Waals surface area (Å²) in [5, 5.41) is 8.65. The van der Waals surface area contributed by atoms with Crippen molar-refractivity contribution in [1.29, 1.82) is 5.26 Å². The highest BCUT2D eigenvalue weighted by atomic mass is 32.2. The van der Waals surface area contributed by atoms with E-state index in [1.54, 1.807) is 17.0 Å². The average Bonchev–Trinajstić information content (AvgIpc) is 2.79. The zero-order valence-corrected chi connectivity index (χ0v) is 14.1. The molecule has 2 heterocycles. The first-order valence-electron chi connectivity index (χ1n) is 7.69. The Morgan fingerprint density at radius 1 is 1.43 bits per heavy atom. The van der Waals surface area contributed by atoms with E-state index in [1.165, 1.54) is 11.4 Å². The maximum Gasteiger partial charge on any atom is 0.242 e. The second-order valence-electron chi connectivity index (χ2n) is 6.07. The van der Waals surface area contributed by atoms with Crippen molar-refractivity contribution in [2.45, 2.75) is 37.0 Å². The molecular weight excluding hydrogens is 314 g/mol. The SMILES string of the molecule is C[C@@H]1C(=O)N2CCCc3cc(S(=O)(=O)N(C)CCC#N)cc1c32. The van der Waals surface area contributed by atoms with Gasteiger partial charge in [-0.25, -0.2) is 8.42 Å². The van der Waals surface area contributed by atoms with Crippen LogP contribution in [0, 0.1) is 11.3 Å². The van der Waals surface area contributed by atoms with Crippen LogP contribution in [0.2, 0.25) is 0 Å². The molecular formula is C16H19N3O3S. The number of rotatable bonds is 4. The van der Waals surface area contributed by atoms with Crippen molar-refractivity contribution < 1.29 is 13.2 Å². The van der Waals surface area contributed by atoms with Crippen molar-refractivity contribution in [2.24, 2.45) is 0 Å². The Kier molecular flexibility index (Phi) is 3.90. The Balaban J connectivity index is 2.08. The van der Waals surface area contributed by atoms with Crippen LogP contribution in [0.4, 0.5) is 5.69 Å². The van der Waals surface area contributed by atoms with E-state index in [0.29, 0.717) is 6.54 Å². The number of amides is 1. The van der Waals surface area contributed by atoms with Crippen LogP contribution in [0.1, 0.15) is 36.8 Å². The molecule has 0 aromatic heterocycles. The summed E-state index contributed by atoms with van der Waals surface area (Å²) in [5.41, 5.74) is 2.64. The van der Waals surface area contributed by atoms with E-state index in [2.05, 4.69) is 0 Å². The smallest absolute Gasteiger partial charge is 0.242 e. The lowest BCUT2D eigenvalue weighted by Gasteiger charge is -2.26. The van der Waals surface area contributed by atoms with Crippen molar-refractivity contribution >= 4 is 21.6 Å². The molecule has 122 valence electrons. The minimum Gasteiger partial charge on any atom is -0.311 e. The molecule has 0 unspecified atom stereocenters. The summed E-state index contributed by atoms with van der Waals surface area (Å²) < 4.78 is 26.6. The Hall–Kier alpha value is -1.91. The fraction of sp³-hybridized carbons (Fsp3) is 0.500.